The van der Waals surface area contributed by atoms with E-state index < -0.39 is 97.5 Å². The summed E-state index contributed by atoms with van der Waals surface area (Å²) in [4.78, 5) is 73.5. The number of phosphoric ester groups is 2. The van der Waals surface area contributed by atoms with Gasteiger partial charge in [-0.3, -0.25) is 37.3 Å². The van der Waals surface area contributed by atoms with E-state index in [4.69, 9.17) is 37.0 Å². The molecule has 660 valence electrons. The molecule has 17 nitrogen and oxygen atoms in total. The number of esters is 4. The zero-order valence-corrected chi connectivity index (χ0v) is 75.2. The molecule has 0 spiro atoms. The number of unbranched alkanes of at least 4 members (excludes halogenated alkanes) is 57. The molecule has 0 fully saturated rings. The van der Waals surface area contributed by atoms with Crippen LogP contribution in [0.1, 0.15) is 492 Å². The molecule has 0 saturated carbocycles. The molecule has 0 aliphatic heterocycles. The Kier molecular flexibility index (Phi) is 80.4. The Hall–Kier alpha value is -1.94. The Morgan fingerprint density at radius 3 is 0.685 bits per heavy atom. The maximum absolute atomic E-state index is 13.2. The fraction of sp³-hybridized carbons (Fsp3) is 0.957. The zero-order valence-electron chi connectivity index (χ0n) is 73.4. The molecule has 19 heteroatoms. The predicted octanol–water partition coefficient (Wildman–Crippen LogP) is 28.4. The number of carbonyl (C=O) groups excluding carboxylic acids is 4. The normalized spacial score (nSPS) is 14.0. The highest BCUT2D eigenvalue weighted by molar-refractivity contribution is 7.47. The number of aliphatic hydroxyl groups is 1. The molecule has 3 N–H and O–H groups in total. The van der Waals surface area contributed by atoms with E-state index in [0.717, 1.165) is 108 Å². The highest BCUT2D eigenvalue weighted by atomic mass is 31.2. The lowest BCUT2D eigenvalue weighted by molar-refractivity contribution is -0.161. The fourth-order valence-electron chi connectivity index (χ4n) is 14.4. The van der Waals surface area contributed by atoms with Gasteiger partial charge in [0.25, 0.3) is 0 Å². The number of carbonyl (C=O) groups is 4. The lowest BCUT2D eigenvalue weighted by atomic mass is 9.99. The molecular formula is C92H180O17P2. The van der Waals surface area contributed by atoms with Gasteiger partial charge in [0.1, 0.15) is 19.3 Å². The Balaban J connectivity index is 5.25. The molecule has 111 heavy (non-hydrogen) atoms. The van der Waals surface area contributed by atoms with Gasteiger partial charge >= 0.3 is 39.5 Å². The van der Waals surface area contributed by atoms with Gasteiger partial charge in [0, 0.05) is 25.7 Å². The average molecular weight is 1620 g/mol. The van der Waals surface area contributed by atoms with E-state index in [1.807, 2.05) is 0 Å². The summed E-state index contributed by atoms with van der Waals surface area (Å²) >= 11 is 0. The third-order valence-electron chi connectivity index (χ3n) is 22.0. The van der Waals surface area contributed by atoms with Crippen molar-refractivity contribution < 1.29 is 80.2 Å². The minimum absolute atomic E-state index is 0.108. The Morgan fingerprint density at radius 2 is 0.459 bits per heavy atom. The lowest BCUT2D eigenvalue weighted by Gasteiger charge is -2.21. The topological polar surface area (TPSA) is 237 Å². The SMILES string of the molecule is CCCCCCCCCCCCCCCC(=O)OC[C@H](COP(=O)(O)OC[C@H](O)COP(=O)(O)OC[C@@H](COC(=O)CCCCCCCCCCCCCCCCCCCCC(C)C)OC(=O)CCCCCCCCCCCCCCCCCCCCC(C)CC)OC(=O)CCCCCCCCCCCCCCC(C)C. The van der Waals surface area contributed by atoms with Crippen LogP contribution in [0.4, 0.5) is 0 Å². The first-order valence-corrected chi connectivity index (χ1v) is 50.4. The fourth-order valence-corrected chi connectivity index (χ4v) is 16.0. The molecule has 0 aliphatic carbocycles. The first-order valence-electron chi connectivity index (χ1n) is 47.4. The van der Waals surface area contributed by atoms with E-state index in [-0.39, 0.29) is 25.7 Å². The Morgan fingerprint density at radius 1 is 0.261 bits per heavy atom. The summed E-state index contributed by atoms with van der Waals surface area (Å²) in [5.74, 6) is 0.375. The van der Waals surface area contributed by atoms with Gasteiger partial charge in [-0.1, -0.05) is 440 Å². The smallest absolute Gasteiger partial charge is 0.462 e. The minimum atomic E-state index is -4.97. The van der Waals surface area contributed by atoms with Crippen molar-refractivity contribution in [2.75, 3.05) is 39.6 Å². The molecule has 0 saturated heterocycles. The van der Waals surface area contributed by atoms with Gasteiger partial charge in [-0.15, -0.1) is 0 Å². The van der Waals surface area contributed by atoms with Crippen molar-refractivity contribution in [3.8, 4) is 0 Å². The average Bonchev–Trinajstić information content (AvgIpc) is 0.904. The number of phosphoric acid groups is 2. The third kappa shape index (κ3) is 84.3. The molecule has 0 amide bonds. The van der Waals surface area contributed by atoms with Crippen LogP contribution in [-0.4, -0.2) is 96.7 Å². The summed E-state index contributed by atoms with van der Waals surface area (Å²) in [6.45, 7) is 12.1. The number of rotatable bonds is 90. The van der Waals surface area contributed by atoms with Crippen molar-refractivity contribution in [3.05, 3.63) is 0 Å². The van der Waals surface area contributed by atoms with Gasteiger partial charge in [0.2, 0.25) is 0 Å². The second-order valence-electron chi connectivity index (χ2n) is 34.2. The van der Waals surface area contributed by atoms with E-state index in [9.17, 15) is 43.2 Å². The number of hydrogen-bond acceptors (Lipinski definition) is 15. The van der Waals surface area contributed by atoms with Crippen LogP contribution in [0, 0.1) is 17.8 Å². The monoisotopic (exact) mass is 1620 g/mol. The molecule has 6 atom stereocenters. The van der Waals surface area contributed by atoms with Gasteiger partial charge in [-0.2, -0.15) is 0 Å². The van der Waals surface area contributed by atoms with Crippen LogP contribution in [0.3, 0.4) is 0 Å². The van der Waals surface area contributed by atoms with Crippen LogP contribution in [0.2, 0.25) is 0 Å². The van der Waals surface area contributed by atoms with E-state index in [1.165, 1.54) is 302 Å². The van der Waals surface area contributed by atoms with Gasteiger partial charge < -0.3 is 33.8 Å². The van der Waals surface area contributed by atoms with Crippen LogP contribution < -0.4 is 0 Å². The molecule has 0 heterocycles. The van der Waals surface area contributed by atoms with Crippen LogP contribution in [0.15, 0.2) is 0 Å². The van der Waals surface area contributed by atoms with E-state index in [0.29, 0.717) is 25.7 Å². The maximum Gasteiger partial charge on any atom is 0.472 e. The quantitative estimate of drug-likeness (QED) is 0.0222. The molecule has 0 aromatic rings. The summed E-state index contributed by atoms with van der Waals surface area (Å²) < 4.78 is 69.1. The van der Waals surface area contributed by atoms with Crippen LogP contribution in [-0.2, 0) is 65.4 Å². The standard InChI is InChI=1S/C92H180O17P2/c1-8-10-11-12-13-14-15-28-38-45-52-59-66-73-89(94)102-79-88(109-92(97)76-69-62-55-48-41-34-33-36-43-50-57-64-71-84(5)6)82-107-111(100,101)105-78-86(93)77-104-110(98,99)106-81-87(80-103-90(95)74-67-60-53-46-39-31-26-22-18-16-20-24-29-35-42-49-56-63-70-83(3)4)108-91(96)75-68-61-54-47-40-32-27-23-19-17-21-25-30-37-44-51-58-65-72-85(7)9-2/h83-88,93H,8-82H2,1-7H3,(H,98,99)(H,100,101)/t85?,86-,87-,88-/m1/s1. The first kappa shape index (κ1) is 109. The predicted molar refractivity (Wildman–Crippen MR) is 460 cm³/mol. The maximum atomic E-state index is 13.2. The lowest BCUT2D eigenvalue weighted by Crippen LogP contribution is -2.30. The van der Waals surface area contributed by atoms with Crippen molar-refractivity contribution in [2.24, 2.45) is 17.8 Å². The van der Waals surface area contributed by atoms with Gasteiger partial charge in [0.15, 0.2) is 12.2 Å². The first-order chi connectivity index (χ1) is 53.8. The van der Waals surface area contributed by atoms with Gasteiger partial charge in [-0.25, -0.2) is 9.13 Å². The Bertz CT molecular complexity index is 2130. The van der Waals surface area contributed by atoms with Crippen molar-refractivity contribution in [1.82, 2.24) is 0 Å². The second-order valence-corrected chi connectivity index (χ2v) is 37.2. The Labute approximate surface area is 683 Å². The van der Waals surface area contributed by atoms with Crippen molar-refractivity contribution >= 4 is 39.5 Å². The molecule has 0 aromatic heterocycles. The summed E-state index contributed by atoms with van der Waals surface area (Å²) in [5, 5.41) is 10.7. The number of ether oxygens (including phenoxy) is 4. The van der Waals surface area contributed by atoms with Crippen LogP contribution >= 0.6 is 15.6 Å². The van der Waals surface area contributed by atoms with E-state index >= 15 is 0 Å². The summed E-state index contributed by atoms with van der Waals surface area (Å²) in [7, 11) is -9.94. The highest BCUT2D eigenvalue weighted by Gasteiger charge is 2.31. The van der Waals surface area contributed by atoms with Crippen molar-refractivity contribution in [3.63, 3.8) is 0 Å². The molecular weight excluding hydrogens is 1440 g/mol. The highest BCUT2D eigenvalue weighted by Crippen LogP contribution is 2.45. The van der Waals surface area contributed by atoms with Crippen molar-refractivity contribution in [2.45, 2.75) is 510 Å². The third-order valence-corrected chi connectivity index (χ3v) is 23.9. The van der Waals surface area contributed by atoms with Gasteiger partial charge in [-0.05, 0) is 43.4 Å². The molecule has 0 bridgehead atoms. The van der Waals surface area contributed by atoms with Crippen molar-refractivity contribution in [1.29, 1.82) is 0 Å². The second kappa shape index (κ2) is 81.8. The van der Waals surface area contributed by atoms with E-state index in [1.54, 1.807) is 0 Å². The summed E-state index contributed by atoms with van der Waals surface area (Å²) in [6.07, 6.45) is 74.9. The summed E-state index contributed by atoms with van der Waals surface area (Å²) in [6, 6.07) is 0. The number of aliphatic hydroxyl groups excluding tert-OH is 1. The minimum Gasteiger partial charge on any atom is -0.462 e. The molecule has 0 radical (unpaired) electrons. The van der Waals surface area contributed by atoms with Crippen LogP contribution in [0.25, 0.3) is 0 Å². The largest absolute Gasteiger partial charge is 0.472 e. The zero-order chi connectivity index (χ0) is 81.5. The molecule has 0 aromatic carbocycles. The molecule has 0 aliphatic rings. The molecule has 0 rings (SSSR count). The number of hydrogen-bond donors (Lipinski definition) is 3. The summed E-state index contributed by atoms with van der Waals surface area (Å²) in [5.41, 5.74) is 0. The van der Waals surface area contributed by atoms with Gasteiger partial charge in [0.05, 0.1) is 26.4 Å². The van der Waals surface area contributed by atoms with E-state index in [2.05, 4.69) is 48.5 Å². The molecule has 3 unspecified atom stereocenters. The van der Waals surface area contributed by atoms with Crippen LogP contribution in [0.5, 0.6) is 0 Å².